The van der Waals surface area contributed by atoms with Crippen molar-refractivity contribution in [3.05, 3.63) is 59.1 Å². The molecule has 1 heterocycles. The lowest BCUT2D eigenvalue weighted by atomic mass is 10.1. The van der Waals surface area contributed by atoms with Crippen molar-refractivity contribution in [1.29, 1.82) is 0 Å². The standard InChI is InChI=1S/C16H13ClN2S/c1-20-16-10-15(11-6-8-12(17)9-7-11)18-13-4-2-3-5-14(13)19-16/h2-9H,10H2,1H3. The summed E-state index contributed by atoms with van der Waals surface area (Å²) >= 11 is 7.62. The monoisotopic (exact) mass is 300 g/mol. The van der Waals surface area contributed by atoms with Crippen molar-refractivity contribution in [2.75, 3.05) is 6.26 Å². The zero-order chi connectivity index (χ0) is 13.9. The van der Waals surface area contributed by atoms with E-state index in [0.29, 0.717) is 0 Å². The summed E-state index contributed by atoms with van der Waals surface area (Å²) in [6.07, 6.45) is 2.80. The molecule has 2 aromatic rings. The Balaban J connectivity index is 2.10. The molecule has 0 saturated carbocycles. The Morgan fingerprint density at radius 2 is 1.60 bits per heavy atom. The lowest BCUT2D eigenvalue weighted by Gasteiger charge is -2.05. The van der Waals surface area contributed by atoms with E-state index in [9.17, 15) is 0 Å². The molecule has 100 valence electrons. The van der Waals surface area contributed by atoms with Gasteiger partial charge in [-0.25, -0.2) is 4.99 Å². The van der Waals surface area contributed by atoms with E-state index < -0.39 is 0 Å². The highest BCUT2D eigenvalue weighted by molar-refractivity contribution is 8.13. The van der Waals surface area contributed by atoms with Crippen molar-refractivity contribution in [2.24, 2.45) is 9.98 Å². The molecule has 1 aliphatic heterocycles. The number of nitrogens with zero attached hydrogens (tertiary/aromatic N) is 2. The van der Waals surface area contributed by atoms with Gasteiger partial charge in [0, 0.05) is 11.4 Å². The molecule has 0 atom stereocenters. The highest BCUT2D eigenvalue weighted by Gasteiger charge is 2.14. The van der Waals surface area contributed by atoms with E-state index in [2.05, 4.69) is 4.99 Å². The van der Waals surface area contributed by atoms with Gasteiger partial charge < -0.3 is 0 Å². The molecule has 0 spiro atoms. The van der Waals surface area contributed by atoms with Crippen LogP contribution in [-0.4, -0.2) is 17.0 Å². The fourth-order valence-electron chi connectivity index (χ4n) is 2.08. The first-order valence-electron chi connectivity index (χ1n) is 6.30. The summed E-state index contributed by atoms with van der Waals surface area (Å²) in [7, 11) is 0. The molecule has 0 aliphatic carbocycles. The van der Waals surface area contributed by atoms with Crippen molar-refractivity contribution in [2.45, 2.75) is 6.42 Å². The summed E-state index contributed by atoms with van der Waals surface area (Å²) in [5, 5.41) is 1.81. The average molecular weight is 301 g/mol. The number of para-hydroxylation sites is 2. The van der Waals surface area contributed by atoms with Crippen LogP contribution in [0.5, 0.6) is 0 Å². The number of thioether (sulfide) groups is 1. The second kappa shape index (κ2) is 5.81. The van der Waals surface area contributed by atoms with Gasteiger partial charge in [-0.1, -0.05) is 35.9 Å². The molecule has 0 bridgehead atoms. The molecule has 0 aromatic heterocycles. The van der Waals surface area contributed by atoms with Gasteiger partial charge in [0.05, 0.1) is 22.1 Å². The number of rotatable bonds is 1. The van der Waals surface area contributed by atoms with Gasteiger partial charge in [0.1, 0.15) is 0 Å². The summed E-state index contributed by atoms with van der Waals surface area (Å²) in [5.41, 5.74) is 3.97. The van der Waals surface area contributed by atoms with Crippen molar-refractivity contribution in [3.63, 3.8) is 0 Å². The quantitative estimate of drug-likeness (QED) is 0.705. The lowest BCUT2D eigenvalue weighted by molar-refractivity contribution is 1.45. The lowest BCUT2D eigenvalue weighted by Crippen LogP contribution is -2.05. The average Bonchev–Trinajstić information content (AvgIpc) is 2.67. The van der Waals surface area contributed by atoms with Gasteiger partial charge >= 0.3 is 0 Å². The summed E-state index contributed by atoms with van der Waals surface area (Å²) in [6.45, 7) is 0. The SMILES string of the molecule is CSC1=Nc2ccccc2N=C(c2ccc(Cl)cc2)C1. The van der Waals surface area contributed by atoms with Crippen LogP contribution in [0, 0.1) is 0 Å². The maximum atomic E-state index is 5.95. The number of fused-ring (bicyclic) bond motifs is 1. The predicted octanol–water partition coefficient (Wildman–Crippen LogP) is 5.26. The maximum Gasteiger partial charge on any atom is 0.0896 e. The fraction of sp³-hybridized carbons (Fsp3) is 0.125. The van der Waals surface area contributed by atoms with Gasteiger partial charge in [0.15, 0.2) is 0 Å². The smallest absolute Gasteiger partial charge is 0.0896 e. The van der Waals surface area contributed by atoms with Crippen LogP contribution in [0.1, 0.15) is 12.0 Å². The molecule has 1 aliphatic rings. The van der Waals surface area contributed by atoms with Crippen molar-refractivity contribution < 1.29 is 0 Å². The molecule has 3 rings (SSSR count). The minimum Gasteiger partial charge on any atom is -0.250 e. The van der Waals surface area contributed by atoms with E-state index in [0.717, 1.165) is 39.1 Å². The van der Waals surface area contributed by atoms with Crippen LogP contribution in [0.25, 0.3) is 0 Å². The zero-order valence-corrected chi connectivity index (χ0v) is 12.6. The molecule has 2 aromatic carbocycles. The van der Waals surface area contributed by atoms with Gasteiger partial charge in [-0.2, -0.15) is 0 Å². The van der Waals surface area contributed by atoms with Crippen molar-refractivity contribution in [1.82, 2.24) is 0 Å². The summed E-state index contributed by atoms with van der Waals surface area (Å²) in [4.78, 5) is 9.47. The fourth-order valence-corrected chi connectivity index (χ4v) is 2.68. The molecule has 2 nitrogen and oxygen atoms in total. The second-order valence-electron chi connectivity index (χ2n) is 4.44. The third kappa shape index (κ3) is 2.79. The van der Waals surface area contributed by atoms with Crippen LogP contribution in [0.15, 0.2) is 58.5 Å². The van der Waals surface area contributed by atoms with E-state index >= 15 is 0 Å². The number of hydrogen-bond donors (Lipinski definition) is 0. The molecule has 20 heavy (non-hydrogen) atoms. The Bertz CT molecular complexity index is 690. The molecule has 0 amide bonds. The molecule has 0 radical (unpaired) electrons. The van der Waals surface area contributed by atoms with Gasteiger partial charge in [0.2, 0.25) is 0 Å². The molecule has 0 unspecified atom stereocenters. The van der Waals surface area contributed by atoms with E-state index in [1.165, 1.54) is 0 Å². The molecule has 0 saturated heterocycles. The van der Waals surface area contributed by atoms with Gasteiger partial charge in [0.25, 0.3) is 0 Å². The first kappa shape index (κ1) is 13.4. The van der Waals surface area contributed by atoms with E-state index in [1.807, 2.05) is 54.8 Å². The minimum atomic E-state index is 0.738. The number of hydrogen-bond acceptors (Lipinski definition) is 3. The molecular formula is C16H13ClN2S. The number of benzene rings is 2. The van der Waals surface area contributed by atoms with Gasteiger partial charge in [-0.15, -0.1) is 11.8 Å². The predicted molar refractivity (Wildman–Crippen MR) is 89.3 cm³/mol. The minimum absolute atomic E-state index is 0.738. The molecule has 0 fully saturated rings. The molecule has 4 heteroatoms. The topological polar surface area (TPSA) is 24.7 Å². The van der Waals surface area contributed by atoms with Crippen molar-refractivity contribution >= 4 is 45.5 Å². The summed E-state index contributed by atoms with van der Waals surface area (Å²) in [6, 6.07) is 15.8. The number of aliphatic imine (C=N–C) groups is 2. The zero-order valence-electron chi connectivity index (χ0n) is 11.0. The normalized spacial score (nSPS) is 14.1. The van der Waals surface area contributed by atoms with E-state index in [-0.39, 0.29) is 0 Å². The number of halogens is 1. The Labute approximate surface area is 127 Å². The Hall–Kier alpha value is -1.58. The maximum absolute atomic E-state index is 5.95. The molecule has 0 N–H and O–H groups in total. The largest absolute Gasteiger partial charge is 0.250 e. The van der Waals surface area contributed by atoms with Gasteiger partial charge in [-0.3, -0.25) is 4.99 Å². The summed E-state index contributed by atoms with van der Waals surface area (Å²) in [5.74, 6) is 0. The van der Waals surface area contributed by atoms with Crippen LogP contribution in [-0.2, 0) is 0 Å². The van der Waals surface area contributed by atoms with E-state index in [4.69, 9.17) is 16.6 Å². The second-order valence-corrected chi connectivity index (χ2v) is 5.76. The first-order valence-corrected chi connectivity index (χ1v) is 7.90. The van der Waals surface area contributed by atoms with Crippen molar-refractivity contribution in [3.8, 4) is 0 Å². The Morgan fingerprint density at radius 1 is 0.950 bits per heavy atom. The van der Waals surface area contributed by atoms with Crippen LogP contribution in [0.4, 0.5) is 11.4 Å². The van der Waals surface area contributed by atoms with E-state index in [1.54, 1.807) is 11.8 Å². The third-order valence-electron chi connectivity index (χ3n) is 3.11. The molecular weight excluding hydrogens is 288 g/mol. The highest BCUT2D eigenvalue weighted by Crippen LogP contribution is 2.32. The highest BCUT2D eigenvalue weighted by atomic mass is 35.5. The van der Waals surface area contributed by atoms with Crippen LogP contribution in [0.3, 0.4) is 0 Å². The Kier molecular flexibility index (Phi) is 3.90. The third-order valence-corrected chi connectivity index (χ3v) is 4.07. The first-order chi connectivity index (χ1) is 9.76. The van der Waals surface area contributed by atoms with Crippen LogP contribution in [0.2, 0.25) is 5.02 Å². The van der Waals surface area contributed by atoms with Gasteiger partial charge in [-0.05, 0) is 36.1 Å². The Morgan fingerprint density at radius 3 is 2.25 bits per heavy atom. The van der Waals surface area contributed by atoms with Crippen LogP contribution < -0.4 is 0 Å². The summed E-state index contributed by atoms with van der Waals surface area (Å²) < 4.78 is 0. The van der Waals surface area contributed by atoms with Crippen LogP contribution >= 0.6 is 23.4 Å².